The second-order valence-corrected chi connectivity index (χ2v) is 8.97. The lowest BCUT2D eigenvalue weighted by atomic mass is 10.2. The molecule has 0 saturated carbocycles. The number of amides is 1. The molecule has 6 rings (SSSR count). The molecule has 0 unspecified atom stereocenters. The van der Waals surface area contributed by atoms with Gasteiger partial charge in [0.05, 0.1) is 17.4 Å². The predicted octanol–water partition coefficient (Wildman–Crippen LogP) is 4.03. The van der Waals surface area contributed by atoms with Crippen LogP contribution in [0.4, 0.5) is 0 Å². The number of benzene rings is 1. The molecule has 1 amide bonds. The summed E-state index contributed by atoms with van der Waals surface area (Å²) in [4.78, 5) is 24.7. The lowest BCUT2D eigenvalue weighted by Crippen LogP contribution is -2.47. The van der Waals surface area contributed by atoms with Gasteiger partial charge in [-0.3, -0.25) is 14.7 Å². The van der Waals surface area contributed by atoms with Crippen LogP contribution in [0.2, 0.25) is 0 Å². The summed E-state index contributed by atoms with van der Waals surface area (Å²) in [5, 5.41) is 1.65. The molecule has 0 aliphatic carbocycles. The van der Waals surface area contributed by atoms with Gasteiger partial charge in [0, 0.05) is 49.7 Å². The second-order valence-electron chi connectivity index (χ2n) is 7.98. The number of rotatable bonds is 4. The zero-order chi connectivity index (χ0) is 20.2. The number of hydrogen-bond acceptors (Lipinski definition) is 7. The standard InChI is InChI=1S/C22H20N4O3S/c1-13(27)26-11-15-7-16(26)10-25(15)12-18-6-14-2-3-17(8-20(14)28-18)29-22-24-19-9-23-5-4-21(19)30-22/h2-6,8-9,15-16H,7,10-12H2,1H3/t15-,16-/m0/s1. The van der Waals surface area contributed by atoms with Gasteiger partial charge in [-0.15, -0.1) is 0 Å². The van der Waals surface area contributed by atoms with Crippen LogP contribution in [0.15, 0.2) is 47.1 Å². The van der Waals surface area contributed by atoms with E-state index in [1.54, 1.807) is 19.3 Å². The van der Waals surface area contributed by atoms with E-state index in [4.69, 9.17) is 9.15 Å². The third kappa shape index (κ3) is 3.03. The van der Waals surface area contributed by atoms with Crippen LogP contribution in [0.1, 0.15) is 19.1 Å². The Kier molecular flexibility index (Phi) is 4.04. The van der Waals surface area contributed by atoms with E-state index in [2.05, 4.69) is 20.9 Å². The molecule has 4 aromatic rings. The van der Waals surface area contributed by atoms with Crippen LogP contribution in [0.25, 0.3) is 21.2 Å². The predicted molar refractivity (Wildman–Crippen MR) is 114 cm³/mol. The highest BCUT2D eigenvalue weighted by atomic mass is 32.1. The van der Waals surface area contributed by atoms with Crippen molar-refractivity contribution in [3.05, 3.63) is 48.5 Å². The van der Waals surface area contributed by atoms with Crippen molar-refractivity contribution in [1.82, 2.24) is 19.8 Å². The van der Waals surface area contributed by atoms with E-state index >= 15 is 0 Å². The molecule has 152 valence electrons. The highest BCUT2D eigenvalue weighted by Gasteiger charge is 2.44. The maximum atomic E-state index is 11.7. The fourth-order valence-corrected chi connectivity index (χ4v) is 5.44. The number of nitrogens with zero attached hydrogens (tertiary/aromatic N) is 4. The van der Waals surface area contributed by atoms with Gasteiger partial charge < -0.3 is 14.1 Å². The minimum Gasteiger partial charge on any atom is -0.460 e. The van der Waals surface area contributed by atoms with Crippen molar-refractivity contribution < 1.29 is 13.9 Å². The molecule has 2 fully saturated rings. The van der Waals surface area contributed by atoms with Gasteiger partial charge in [-0.25, -0.2) is 4.98 Å². The molecule has 5 heterocycles. The molecular weight excluding hydrogens is 400 g/mol. The highest BCUT2D eigenvalue weighted by molar-refractivity contribution is 7.20. The van der Waals surface area contributed by atoms with Gasteiger partial charge in [-0.2, -0.15) is 0 Å². The van der Waals surface area contributed by atoms with E-state index < -0.39 is 0 Å². The van der Waals surface area contributed by atoms with Crippen LogP contribution in [0, 0.1) is 0 Å². The van der Waals surface area contributed by atoms with Crippen LogP contribution in [-0.4, -0.2) is 50.8 Å². The SMILES string of the molecule is CC(=O)N1C[C@@H]2C[C@H]1CN2Cc1cc2ccc(Oc3nc4cnccc4s3)cc2o1. The number of thiazole rings is 1. The minimum atomic E-state index is 0.183. The van der Waals surface area contributed by atoms with Crippen molar-refractivity contribution in [3.63, 3.8) is 0 Å². The smallest absolute Gasteiger partial charge is 0.279 e. The van der Waals surface area contributed by atoms with Gasteiger partial charge in [0.1, 0.15) is 22.6 Å². The van der Waals surface area contributed by atoms with Crippen molar-refractivity contribution >= 4 is 38.4 Å². The third-order valence-electron chi connectivity index (χ3n) is 6.04. The quantitative estimate of drug-likeness (QED) is 0.496. The van der Waals surface area contributed by atoms with Crippen molar-refractivity contribution in [2.75, 3.05) is 13.1 Å². The van der Waals surface area contributed by atoms with Crippen molar-refractivity contribution in [2.45, 2.75) is 32.0 Å². The Morgan fingerprint density at radius 2 is 2.20 bits per heavy atom. The van der Waals surface area contributed by atoms with Crippen molar-refractivity contribution in [1.29, 1.82) is 0 Å². The Labute approximate surface area is 176 Å². The monoisotopic (exact) mass is 420 g/mol. The number of ether oxygens (including phenoxy) is 1. The first-order valence-corrected chi connectivity index (χ1v) is 10.9. The summed E-state index contributed by atoms with van der Waals surface area (Å²) < 4.78 is 13.1. The zero-order valence-electron chi connectivity index (χ0n) is 16.4. The molecule has 0 spiro atoms. The molecule has 0 N–H and O–H groups in total. The molecule has 2 atom stereocenters. The van der Waals surface area contributed by atoms with E-state index in [0.29, 0.717) is 23.0 Å². The summed E-state index contributed by atoms with van der Waals surface area (Å²) in [5.74, 6) is 1.82. The largest absolute Gasteiger partial charge is 0.460 e. The first-order chi connectivity index (χ1) is 14.6. The maximum Gasteiger partial charge on any atom is 0.279 e. The van der Waals surface area contributed by atoms with Gasteiger partial charge in [0.15, 0.2) is 0 Å². The topological polar surface area (TPSA) is 71.7 Å². The second kappa shape index (κ2) is 6.78. The Balaban J connectivity index is 1.19. The van der Waals surface area contributed by atoms with Gasteiger partial charge in [-0.1, -0.05) is 11.3 Å². The molecule has 2 saturated heterocycles. The van der Waals surface area contributed by atoms with Gasteiger partial charge >= 0.3 is 0 Å². The van der Waals surface area contributed by atoms with Crippen LogP contribution in [0.5, 0.6) is 10.9 Å². The number of likely N-dealkylation sites (tertiary alicyclic amines) is 2. The number of aromatic nitrogens is 2. The van der Waals surface area contributed by atoms with Crippen LogP contribution < -0.4 is 4.74 Å². The van der Waals surface area contributed by atoms with E-state index in [1.807, 2.05) is 29.2 Å². The van der Waals surface area contributed by atoms with Crippen molar-refractivity contribution in [3.8, 4) is 10.9 Å². The van der Waals surface area contributed by atoms with Gasteiger partial charge in [0.25, 0.3) is 5.19 Å². The first-order valence-electron chi connectivity index (χ1n) is 10.0. The highest BCUT2D eigenvalue weighted by Crippen LogP contribution is 2.35. The number of carbonyl (C=O) groups excluding carboxylic acids is 1. The molecule has 8 heteroatoms. The van der Waals surface area contributed by atoms with Gasteiger partial charge in [-0.05, 0) is 30.7 Å². The molecule has 7 nitrogen and oxygen atoms in total. The number of fused-ring (bicyclic) bond motifs is 4. The Morgan fingerprint density at radius 3 is 3.00 bits per heavy atom. The average molecular weight is 420 g/mol. The van der Waals surface area contributed by atoms with Crippen LogP contribution >= 0.6 is 11.3 Å². The summed E-state index contributed by atoms with van der Waals surface area (Å²) in [7, 11) is 0. The zero-order valence-corrected chi connectivity index (χ0v) is 17.3. The van der Waals surface area contributed by atoms with Crippen LogP contribution in [0.3, 0.4) is 0 Å². The maximum absolute atomic E-state index is 11.7. The molecule has 3 aromatic heterocycles. The fourth-order valence-electron chi connectivity index (χ4n) is 4.64. The lowest BCUT2D eigenvalue weighted by Gasteiger charge is -2.33. The fraction of sp³-hybridized carbons (Fsp3) is 0.318. The normalized spacial score (nSPS) is 21.2. The van der Waals surface area contributed by atoms with Gasteiger partial charge in [0.2, 0.25) is 5.91 Å². The first kappa shape index (κ1) is 17.9. The molecule has 30 heavy (non-hydrogen) atoms. The van der Waals surface area contributed by atoms with E-state index in [9.17, 15) is 4.79 Å². The lowest BCUT2D eigenvalue weighted by molar-refractivity contribution is -0.131. The Hall–Kier alpha value is -2.97. The number of piperazine rings is 1. The third-order valence-corrected chi connectivity index (χ3v) is 6.95. The molecule has 2 aliphatic rings. The molecule has 1 aromatic carbocycles. The average Bonchev–Trinajstić information content (AvgIpc) is 3.49. The van der Waals surface area contributed by atoms with E-state index in [0.717, 1.165) is 53.0 Å². The van der Waals surface area contributed by atoms with Crippen molar-refractivity contribution in [2.24, 2.45) is 0 Å². The summed E-state index contributed by atoms with van der Waals surface area (Å²) in [6.07, 6.45) is 4.56. The Morgan fingerprint density at radius 1 is 1.27 bits per heavy atom. The number of pyridine rings is 1. The summed E-state index contributed by atoms with van der Waals surface area (Å²) in [6, 6.07) is 10.7. The summed E-state index contributed by atoms with van der Waals surface area (Å²) in [5.41, 5.74) is 1.64. The molecular formula is C22H20N4O3S. The summed E-state index contributed by atoms with van der Waals surface area (Å²) >= 11 is 1.49. The van der Waals surface area contributed by atoms with Crippen LogP contribution in [-0.2, 0) is 11.3 Å². The number of hydrogen-bond donors (Lipinski definition) is 0. The molecule has 2 bridgehead atoms. The minimum absolute atomic E-state index is 0.183. The molecule has 2 aliphatic heterocycles. The molecule has 0 radical (unpaired) electrons. The van der Waals surface area contributed by atoms with E-state index in [-0.39, 0.29) is 5.91 Å². The van der Waals surface area contributed by atoms with E-state index in [1.165, 1.54) is 11.3 Å². The summed E-state index contributed by atoms with van der Waals surface area (Å²) in [6.45, 7) is 4.18. The number of furan rings is 1. The number of carbonyl (C=O) groups is 1. The Bertz CT molecular complexity index is 1230.